The van der Waals surface area contributed by atoms with Crippen molar-refractivity contribution < 1.29 is 14.7 Å². The van der Waals surface area contributed by atoms with Gasteiger partial charge in [0, 0.05) is 31.6 Å². The summed E-state index contributed by atoms with van der Waals surface area (Å²) in [5, 5.41) is 14.8. The van der Waals surface area contributed by atoms with Crippen LogP contribution in [0.2, 0.25) is 10.0 Å². The first-order valence-corrected chi connectivity index (χ1v) is 13.7. The first-order chi connectivity index (χ1) is 18.2. The van der Waals surface area contributed by atoms with Crippen molar-refractivity contribution in [1.82, 2.24) is 15.2 Å². The average Bonchev–Trinajstić information content (AvgIpc) is 3.24. The topological polar surface area (TPSA) is 98.1 Å². The molecule has 2 saturated heterocycles. The van der Waals surface area contributed by atoms with E-state index in [4.69, 9.17) is 23.2 Å². The molecule has 3 aromatic rings. The van der Waals surface area contributed by atoms with Crippen LogP contribution >= 0.6 is 35.0 Å². The number of likely N-dealkylation sites (N-methyl/N-ethyl adjacent to an activating group) is 1. The number of amidine groups is 1. The minimum Gasteiger partial charge on any atom is -0.478 e. The van der Waals surface area contributed by atoms with Crippen LogP contribution in [0.4, 0.5) is 11.4 Å². The highest BCUT2D eigenvalue weighted by molar-refractivity contribution is 8.18. The molecule has 2 aromatic carbocycles. The van der Waals surface area contributed by atoms with E-state index in [2.05, 4.69) is 32.1 Å². The first-order valence-electron chi connectivity index (χ1n) is 12.1. The van der Waals surface area contributed by atoms with Gasteiger partial charge in [-0.1, -0.05) is 42.3 Å². The van der Waals surface area contributed by atoms with Gasteiger partial charge in [0.05, 0.1) is 31.8 Å². The van der Waals surface area contributed by atoms with E-state index in [1.54, 1.807) is 24.3 Å². The van der Waals surface area contributed by atoms with Gasteiger partial charge in [0.15, 0.2) is 5.17 Å². The average molecular weight is 571 g/mol. The van der Waals surface area contributed by atoms with Gasteiger partial charge in [0.25, 0.3) is 5.91 Å². The highest BCUT2D eigenvalue weighted by Crippen LogP contribution is 2.37. The second-order valence-corrected chi connectivity index (χ2v) is 10.9. The molecule has 11 heteroatoms. The van der Waals surface area contributed by atoms with Crippen molar-refractivity contribution in [3.05, 3.63) is 68.2 Å². The van der Waals surface area contributed by atoms with Gasteiger partial charge in [-0.25, -0.2) is 9.79 Å². The molecule has 3 heterocycles. The number of aliphatic imine (C=N–C) groups is 1. The van der Waals surface area contributed by atoms with E-state index in [9.17, 15) is 14.7 Å². The Bertz CT molecular complexity index is 1500. The first kappa shape index (κ1) is 26.5. The van der Waals surface area contributed by atoms with E-state index in [0.29, 0.717) is 56.7 Å². The zero-order valence-electron chi connectivity index (χ0n) is 20.8. The van der Waals surface area contributed by atoms with Gasteiger partial charge < -0.3 is 20.2 Å². The van der Waals surface area contributed by atoms with Gasteiger partial charge >= 0.3 is 5.97 Å². The number of amides is 1. The molecular weight excluding hydrogens is 545 g/mol. The molecule has 5 rings (SSSR count). The summed E-state index contributed by atoms with van der Waals surface area (Å²) in [6.45, 7) is 5.02. The quantitative estimate of drug-likeness (QED) is 0.394. The van der Waals surface area contributed by atoms with Crippen LogP contribution in [-0.2, 0) is 11.2 Å². The minimum absolute atomic E-state index is 0.244. The predicted molar refractivity (Wildman–Crippen MR) is 155 cm³/mol. The fraction of sp³-hybridized carbons (Fsp3) is 0.259. The number of halogens is 2. The Morgan fingerprint density at radius 2 is 1.89 bits per heavy atom. The van der Waals surface area contributed by atoms with Crippen molar-refractivity contribution in [3.8, 4) is 0 Å². The monoisotopic (exact) mass is 569 g/mol. The number of carbonyl (C=O) groups excluding carboxylic acids is 1. The van der Waals surface area contributed by atoms with Crippen molar-refractivity contribution in [2.45, 2.75) is 13.3 Å². The molecular formula is C27H25Cl2N5O3S. The largest absolute Gasteiger partial charge is 0.478 e. The number of nitrogens with zero attached hydrogens (tertiary/aromatic N) is 4. The number of pyridine rings is 1. The molecule has 38 heavy (non-hydrogen) atoms. The van der Waals surface area contributed by atoms with E-state index >= 15 is 0 Å². The molecule has 8 nitrogen and oxygen atoms in total. The van der Waals surface area contributed by atoms with Crippen molar-refractivity contribution in [3.63, 3.8) is 0 Å². The number of para-hydroxylation sites is 1. The number of carbonyl (C=O) groups is 2. The number of aromatic carboxylic acids is 1. The molecule has 2 aliphatic rings. The van der Waals surface area contributed by atoms with Crippen LogP contribution in [0.5, 0.6) is 0 Å². The van der Waals surface area contributed by atoms with Gasteiger partial charge in [-0.3, -0.25) is 9.78 Å². The van der Waals surface area contributed by atoms with Crippen LogP contribution in [0.25, 0.3) is 17.0 Å². The molecule has 2 N–H and O–H groups in total. The molecule has 0 spiro atoms. The Morgan fingerprint density at radius 1 is 1.18 bits per heavy atom. The van der Waals surface area contributed by atoms with Gasteiger partial charge in [-0.2, -0.15) is 0 Å². The maximum absolute atomic E-state index is 12.7. The van der Waals surface area contributed by atoms with E-state index in [-0.39, 0.29) is 11.5 Å². The van der Waals surface area contributed by atoms with Gasteiger partial charge in [-0.15, -0.1) is 0 Å². The van der Waals surface area contributed by atoms with Gasteiger partial charge in [-0.05, 0) is 61.1 Å². The number of rotatable bonds is 5. The lowest BCUT2D eigenvalue weighted by atomic mass is 10.0. The summed E-state index contributed by atoms with van der Waals surface area (Å²) in [6.07, 6.45) is 2.27. The maximum Gasteiger partial charge on any atom is 0.339 e. The fourth-order valence-electron chi connectivity index (χ4n) is 4.57. The molecule has 2 aliphatic heterocycles. The van der Waals surface area contributed by atoms with Crippen LogP contribution < -0.4 is 10.2 Å². The van der Waals surface area contributed by atoms with E-state index < -0.39 is 5.97 Å². The molecule has 0 aliphatic carbocycles. The van der Waals surface area contributed by atoms with Crippen LogP contribution in [0.1, 0.15) is 28.5 Å². The third-order valence-corrected chi connectivity index (χ3v) is 8.04. The number of nitrogens with one attached hydrogen (secondary N) is 1. The fourth-order valence-corrected chi connectivity index (χ4v) is 5.88. The third kappa shape index (κ3) is 5.24. The number of benzene rings is 2. The number of aromatic nitrogens is 1. The molecule has 1 amide bonds. The number of hydrogen-bond acceptors (Lipinski definition) is 7. The standard InChI is InChI=1S/C27H25Cl2N5O3S/c1-3-19-22(26(36)37)24(34-11-9-33(2)10-12-34)16-13-15(7-8-20(16)30-19)14-21-25(35)32-27(38-21)31-23-17(28)5-4-6-18(23)29/h4-8,13-14H,3,9-12H2,1-2H3,(H,36,37)(H,31,32,35). The smallest absolute Gasteiger partial charge is 0.339 e. The highest BCUT2D eigenvalue weighted by atomic mass is 35.5. The summed E-state index contributed by atoms with van der Waals surface area (Å²) in [5.74, 6) is -1.28. The highest BCUT2D eigenvalue weighted by Gasteiger charge is 2.27. The Hall–Kier alpha value is -3.11. The van der Waals surface area contributed by atoms with Crippen LogP contribution in [-0.4, -0.2) is 65.3 Å². The lowest BCUT2D eigenvalue weighted by Crippen LogP contribution is -2.45. The van der Waals surface area contributed by atoms with Gasteiger partial charge in [0.2, 0.25) is 0 Å². The summed E-state index contributed by atoms with van der Waals surface area (Å²) in [6, 6.07) is 10.8. The summed E-state index contributed by atoms with van der Waals surface area (Å²) in [4.78, 5) is 39.1. The number of anilines is 1. The summed E-state index contributed by atoms with van der Waals surface area (Å²) in [7, 11) is 2.06. The second-order valence-electron chi connectivity index (χ2n) is 9.06. The lowest BCUT2D eigenvalue weighted by Gasteiger charge is -2.35. The number of piperazine rings is 1. The van der Waals surface area contributed by atoms with Crippen molar-refractivity contribution in [2.75, 3.05) is 38.1 Å². The molecule has 0 bridgehead atoms. The summed E-state index contributed by atoms with van der Waals surface area (Å²) >= 11 is 13.6. The van der Waals surface area contributed by atoms with Crippen LogP contribution in [0.15, 0.2) is 46.3 Å². The van der Waals surface area contributed by atoms with Crippen LogP contribution in [0.3, 0.4) is 0 Å². The Kier molecular flexibility index (Phi) is 7.63. The van der Waals surface area contributed by atoms with Gasteiger partial charge in [0.1, 0.15) is 11.3 Å². The van der Waals surface area contributed by atoms with Crippen LogP contribution in [0, 0.1) is 0 Å². The zero-order chi connectivity index (χ0) is 27.0. The molecule has 0 saturated carbocycles. The number of thioether (sulfide) groups is 1. The Labute approximate surface area is 234 Å². The molecule has 196 valence electrons. The molecule has 0 radical (unpaired) electrons. The lowest BCUT2D eigenvalue weighted by molar-refractivity contribution is -0.115. The second kappa shape index (κ2) is 10.9. The third-order valence-electron chi connectivity index (χ3n) is 6.52. The Morgan fingerprint density at radius 3 is 2.55 bits per heavy atom. The summed E-state index contributed by atoms with van der Waals surface area (Å²) < 4.78 is 0. The number of fused-ring (bicyclic) bond motifs is 1. The van der Waals surface area contributed by atoms with E-state index in [1.807, 2.05) is 25.1 Å². The normalized spacial score (nSPS) is 18.5. The van der Waals surface area contributed by atoms with E-state index in [1.165, 1.54) is 11.8 Å². The SMILES string of the molecule is CCc1nc2ccc(C=C3SC(=Nc4c(Cl)cccc4Cl)NC3=O)cc2c(N2CCN(C)CC2)c1C(=O)O. The molecule has 2 fully saturated rings. The Balaban J connectivity index is 1.56. The zero-order valence-corrected chi connectivity index (χ0v) is 23.1. The van der Waals surface area contributed by atoms with Crippen molar-refractivity contribution >= 4 is 80.4 Å². The van der Waals surface area contributed by atoms with Crippen molar-refractivity contribution in [2.24, 2.45) is 4.99 Å². The van der Waals surface area contributed by atoms with E-state index in [0.717, 1.165) is 29.6 Å². The molecule has 0 unspecified atom stereocenters. The van der Waals surface area contributed by atoms with Crippen molar-refractivity contribution in [1.29, 1.82) is 0 Å². The molecule has 0 atom stereocenters. The maximum atomic E-state index is 12.7. The number of aryl methyl sites for hydroxylation is 1. The summed E-state index contributed by atoms with van der Waals surface area (Å²) in [5.41, 5.74) is 3.36. The number of hydrogen-bond donors (Lipinski definition) is 2. The number of carboxylic acid groups (broad SMARTS) is 1. The predicted octanol–water partition coefficient (Wildman–Crippen LogP) is 5.45. The number of carboxylic acids is 1. The molecule has 1 aromatic heterocycles. The minimum atomic E-state index is -0.987.